The largest absolute Gasteiger partial charge is 0.491 e. The number of aryl methyl sites for hydroxylation is 1. The van der Waals surface area contributed by atoms with Gasteiger partial charge in [-0.3, -0.25) is 4.40 Å². The fourth-order valence-corrected chi connectivity index (χ4v) is 3.63. The third-order valence-electron chi connectivity index (χ3n) is 4.98. The maximum atomic E-state index is 14.6. The Morgan fingerprint density at radius 3 is 2.19 bits per heavy atom. The van der Waals surface area contributed by atoms with Crippen molar-refractivity contribution in [3.63, 3.8) is 0 Å². The Morgan fingerprint density at radius 2 is 1.55 bits per heavy atom. The van der Waals surface area contributed by atoms with Crippen molar-refractivity contribution in [1.29, 1.82) is 0 Å². The summed E-state index contributed by atoms with van der Waals surface area (Å²) < 4.78 is 27.8. The van der Waals surface area contributed by atoms with Gasteiger partial charge in [-0.25, -0.2) is 9.37 Å². The van der Waals surface area contributed by atoms with Gasteiger partial charge >= 0.3 is 0 Å². The van der Waals surface area contributed by atoms with Gasteiger partial charge in [-0.15, -0.1) is 0 Å². The molecule has 0 saturated heterocycles. The summed E-state index contributed by atoms with van der Waals surface area (Å²) in [5.74, 6) is 0.724. The van der Waals surface area contributed by atoms with Gasteiger partial charge in [0.05, 0.1) is 24.1 Å². The van der Waals surface area contributed by atoms with Crippen LogP contribution in [-0.4, -0.2) is 21.6 Å². The molecule has 2 aromatic carbocycles. The van der Waals surface area contributed by atoms with Crippen LogP contribution in [0.3, 0.4) is 0 Å². The molecule has 0 atom stereocenters. The van der Waals surface area contributed by atoms with Gasteiger partial charge in [-0.2, -0.15) is 0 Å². The number of rotatable bonds is 6. The Kier molecular flexibility index (Phi) is 5.68. The van der Waals surface area contributed by atoms with Gasteiger partial charge in [-0.05, 0) is 82.1 Å². The molecule has 0 N–H and O–H groups in total. The van der Waals surface area contributed by atoms with Gasteiger partial charge in [0, 0.05) is 17.3 Å². The van der Waals surface area contributed by atoms with Crippen molar-refractivity contribution in [2.45, 2.75) is 46.8 Å². The number of aromatic nitrogens is 2. The molecule has 4 rings (SSSR count). The van der Waals surface area contributed by atoms with Crippen molar-refractivity contribution in [2.24, 2.45) is 0 Å². The Hall–Kier alpha value is -3.34. The van der Waals surface area contributed by atoms with E-state index in [1.165, 1.54) is 6.07 Å². The minimum absolute atomic E-state index is 0.0843. The summed E-state index contributed by atoms with van der Waals surface area (Å²) >= 11 is 0. The highest BCUT2D eigenvalue weighted by atomic mass is 19.1. The van der Waals surface area contributed by atoms with E-state index in [0.717, 1.165) is 39.3 Å². The molecule has 31 heavy (non-hydrogen) atoms. The second kappa shape index (κ2) is 8.42. The third kappa shape index (κ3) is 4.41. The van der Waals surface area contributed by atoms with Crippen LogP contribution in [0.5, 0.6) is 11.5 Å². The Bertz CT molecular complexity index is 1210. The number of hydrogen-bond acceptors (Lipinski definition) is 3. The first-order chi connectivity index (χ1) is 14.8. The SMILES string of the molecule is Cc1cc2ncc(-c3ccc(OC(C)C)c(F)c3)n2cc1-c1ccc(OC(C)C)cc1. The Labute approximate surface area is 182 Å². The molecule has 5 heteroatoms. The van der Waals surface area contributed by atoms with E-state index in [9.17, 15) is 4.39 Å². The first-order valence-corrected chi connectivity index (χ1v) is 10.5. The van der Waals surface area contributed by atoms with Crippen LogP contribution < -0.4 is 9.47 Å². The number of fused-ring (bicyclic) bond motifs is 1. The maximum Gasteiger partial charge on any atom is 0.165 e. The van der Waals surface area contributed by atoms with E-state index in [4.69, 9.17) is 9.47 Å². The minimum Gasteiger partial charge on any atom is -0.491 e. The van der Waals surface area contributed by atoms with E-state index in [-0.39, 0.29) is 23.8 Å². The minimum atomic E-state index is -0.380. The molecule has 0 unspecified atom stereocenters. The Morgan fingerprint density at radius 1 is 0.871 bits per heavy atom. The van der Waals surface area contributed by atoms with E-state index >= 15 is 0 Å². The molecular weight excluding hydrogens is 391 g/mol. The molecular formula is C26H27FN2O2. The molecule has 0 saturated carbocycles. The highest BCUT2D eigenvalue weighted by Gasteiger charge is 2.13. The van der Waals surface area contributed by atoms with Gasteiger partial charge in [0.1, 0.15) is 11.4 Å². The zero-order valence-electron chi connectivity index (χ0n) is 18.5. The highest BCUT2D eigenvalue weighted by Crippen LogP contribution is 2.31. The second-order valence-corrected chi connectivity index (χ2v) is 8.24. The van der Waals surface area contributed by atoms with Crippen LogP contribution >= 0.6 is 0 Å². The summed E-state index contributed by atoms with van der Waals surface area (Å²) in [6.07, 6.45) is 3.88. The lowest BCUT2D eigenvalue weighted by Gasteiger charge is -2.13. The van der Waals surface area contributed by atoms with Crippen molar-refractivity contribution in [3.05, 3.63) is 72.3 Å². The first kappa shape index (κ1) is 20.9. The average Bonchev–Trinajstić information content (AvgIpc) is 3.11. The van der Waals surface area contributed by atoms with Crippen molar-refractivity contribution in [1.82, 2.24) is 9.38 Å². The van der Waals surface area contributed by atoms with Crippen molar-refractivity contribution >= 4 is 5.65 Å². The quantitative estimate of drug-likeness (QED) is 0.350. The Balaban J connectivity index is 1.74. The fourth-order valence-electron chi connectivity index (χ4n) is 3.63. The predicted octanol–water partition coefficient (Wildman–Crippen LogP) is 6.69. The molecule has 0 bridgehead atoms. The van der Waals surface area contributed by atoms with Gasteiger partial charge in [0.2, 0.25) is 0 Å². The lowest BCUT2D eigenvalue weighted by molar-refractivity contribution is 0.231. The lowest BCUT2D eigenvalue weighted by Crippen LogP contribution is -2.06. The summed E-state index contributed by atoms with van der Waals surface area (Å²) in [5, 5.41) is 0. The van der Waals surface area contributed by atoms with Crippen molar-refractivity contribution in [3.8, 4) is 33.9 Å². The molecule has 0 amide bonds. The van der Waals surface area contributed by atoms with Crippen molar-refractivity contribution in [2.75, 3.05) is 0 Å². The molecule has 2 heterocycles. The molecule has 4 aromatic rings. The number of nitrogens with zero attached hydrogens (tertiary/aromatic N) is 2. The normalized spacial score (nSPS) is 11.5. The van der Waals surface area contributed by atoms with Gasteiger partial charge in [-0.1, -0.05) is 12.1 Å². The van der Waals surface area contributed by atoms with E-state index in [1.807, 2.05) is 56.4 Å². The first-order valence-electron chi connectivity index (χ1n) is 10.5. The van der Waals surface area contributed by atoms with Gasteiger partial charge in [0.15, 0.2) is 11.6 Å². The highest BCUT2D eigenvalue weighted by molar-refractivity contribution is 5.72. The molecule has 0 aliphatic heterocycles. The monoisotopic (exact) mass is 418 g/mol. The standard InChI is InChI=1S/C26H27FN2O2/c1-16(2)30-21-9-6-19(7-10-21)22-15-29-24(14-28-26(29)12-18(22)5)20-8-11-25(23(27)13-20)31-17(3)4/h6-17H,1-5H3. The summed E-state index contributed by atoms with van der Waals surface area (Å²) in [7, 11) is 0. The number of hydrogen-bond donors (Lipinski definition) is 0. The second-order valence-electron chi connectivity index (χ2n) is 8.24. The number of imidazole rings is 1. The van der Waals surface area contributed by atoms with Crippen molar-refractivity contribution < 1.29 is 13.9 Å². The zero-order valence-corrected chi connectivity index (χ0v) is 18.5. The molecule has 0 radical (unpaired) electrons. The predicted molar refractivity (Wildman–Crippen MR) is 122 cm³/mol. The zero-order chi connectivity index (χ0) is 22.1. The molecule has 0 spiro atoms. The molecule has 0 aliphatic carbocycles. The molecule has 0 fully saturated rings. The number of benzene rings is 2. The number of halogens is 1. The van der Waals surface area contributed by atoms with Gasteiger partial charge in [0.25, 0.3) is 0 Å². The fraction of sp³-hybridized carbons (Fsp3) is 0.269. The van der Waals surface area contributed by atoms with Crippen LogP contribution in [0, 0.1) is 12.7 Å². The topological polar surface area (TPSA) is 35.8 Å². The van der Waals surface area contributed by atoms with Crippen LogP contribution in [-0.2, 0) is 0 Å². The van der Waals surface area contributed by atoms with Crippen LogP contribution in [0.25, 0.3) is 28.0 Å². The molecule has 2 aromatic heterocycles. The summed E-state index contributed by atoms with van der Waals surface area (Å²) in [6, 6.07) is 15.2. The summed E-state index contributed by atoms with van der Waals surface area (Å²) in [5.41, 5.74) is 5.68. The van der Waals surface area contributed by atoms with Crippen LogP contribution in [0.15, 0.2) is 60.9 Å². The lowest BCUT2D eigenvalue weighted by atomic mass is 10.0. The molecule has 160 valence electrons. The number of ether oxygens (including phenoxy) is 2. The molecule has 0 aliphatic rings. The van der Waals surface area contributed by atoms with E-state index in [0.29, 0.717) is 0 Å². The van der Waals surface area contributed by atoms with Crippen LogP contribution in [0.2, 0.25) is 0 Å². The average molecular weight is 419 g/mol. The summed E-state index contributed by atoms with van der Waals surface area (Å²) in [6.45, 7) is 9.85. The van der Waals surface area contributed by atoms with E-state index in [1.54, 1.807) is 12.3 Å². The third-order valence-corrected chi connectivity index (χ3v) is 4.98. The summed E-state index contributed by atoms with van der Waals surface area (Å²) in [4.78, 5) is 4.53. The maximum absolute atomic E-state index is 14.6. The molecule has 4 nitrogen and oxygen atoms in total. The van der Waals surface area contributed by atoms with Crippen LogP contribution in [0.4, 0.5) is 4.39 Å². The van der Waals surface area contributed by atoms with Crippen LogP contribution in [0.1, 0.15) is 33.3 Å². The van der Waals surface area contributed by atoms with E-state index < -0.39 is 0 Å². The van der Waals surface area contributed by atoms with E-state index in [2.05, 4.69) is 30.2 Å². The smallest absolute Gasteiger partial charge is 0.165 e. The number of pyridine rings is 1. The van der Waals surface area contributed by atoms with Gasteiger partial charge < -0.3 is 9.47 Å².